The van der Waals surface area contributed by atoms with Gasteiger partial charge in [0.05, 0.1) is 5.57 Å². The predicted molar refractivity (Wildman–Crippen MR) is 198 cm³/mol. The first kappa shape index (κ1) is 36.9. The maximum absolute atomic E-state index is 13.8. The second kappa shape index (κ2) is 15.2. The molecule has 0 atom stereocenters. The fraction of sp³-hybridized carbons (Fsp3) is 0.439. The fourth-order valence-electron chi connectivity index (χ4n) is 6.68. The number of unbranched alkanes of at least 4 members (excludes halogenated alkanes) is 6. The number of rotatable bonds is 14. The van der Waals surface area contributed by atoms with Gasteiger partial charge < -0.3 is 15.4 Å². The largest absolute Gasteiger partial charge is 0.457 e. The number of amidine groups is 2. The first-order valence-electron chi connectivity index (χ1n) is 17.9. The van der Waals surface area contributed by atoms with E-state index in [9.17, 15) is 18.0 Å². The zero-order valence-corrected chi connectivity index (χ0v) is 29.9. The van der Waals surface area contributed by atoms with Gasteiger partial charge in [-0.15, -0.1) is 0 Å². The lowest BCUT2D eigenvalue weighted by Crippen LogP contribution is -2.33. The summed E-state index contributed by atoms with van der Waals surface area (Å²) < 4.78 is 48.0. The Balaban J connectivity index is 1.55. The Bertz CT molecular complexity index is 1830. The monoisotopic (exact) mass is 686 g/mol. The van der Waals surface area contributed by atoms with Gasteiger partial charge in [-0.3, -0.25) is 10.2 Å². The molecule has 0 unspecified atom stereocenters. The number of hydrogen-bond acceptors (Lipinski definition) is 4. The molecular weight excluding hydrogens is 637 g/mol. The van der Waals surface area contributed by atoms with Crippen molar-refractivity contribution in [1.29, 1.82) is 5.41 Å². The minimum absolute atomic E-state index is 0.000857. The number of nitrogens with zero attached hydrogens (tertiary/aromatic N) is 2. The topological polar surface area (TPSA) is 91.8 Å². The number of nitrogens with one attached hydrogen (secondary N) is 1. The maximum atomic E-state index is 13.8. The van der Waals surface area contributed by atoms with Gasteiger partial charge in [0.1, 0.15) is 17.3 Å². The number of alkyl halides is 3. The molecule has 0 saturated carbocycles. The summed E-state index contributed by atoms with van der Waals surface area (Å²) in [5.41, 5.74) is 8.70. The zero-order valence-electron chi connectivity index (χ0n) is 29.9. The number of ether oxygens (including phenoxy) is 1. The number of carbonyl (C=O) groups is 1. The first-order valence-corrected chi connectivity index (χ1v) is 17.9. The standard InChI is InChI=1S/C41H49F3N4O2/c1-6-8-10-12-20-48(21-13-11-9-7-2)39(49)26-15-18-31(19-16-26)50-33-25-30(40(3,4)5)23-28-24-32-36(38(46)47-37(32)45)35(34(28)33)27-14-17-29(22-27)41(42,43)44/h15-19,22-25H,6-14,20-21H2,1-5H3,(H3,45,46,47). The Morgan fingerprint density at radius 1 is 0.920 bits per heavy atom. The fourth-order valence-corrected chi connectivity index (χ4v) is 6.68. The summed E-state index contributed by atoms with van der Waals surface area (Å²) in [4.78, 5) is 19.8. The molecule has 266 valence electrons. The van der Waals surface area contributed by atoms with E-state index >= 15 is 0 Å². The van der Waals surface area contributed by atoms with Crippen molar-refractivity contribution in [2.24, 2.45) is 10.7 Å². The highest BCUT2D eigenvalue weighted by atomic mass is 19.4. The third-order valence-corrected chi connectivity index (χ3v) is 9.51. The average Bonchev–Trinajstić information content (AvgIpc) is 3.67. The Morgan fingerprint density at radius 3 is 2.12 bits per heavy atom. The van der Waals surface area contributed by atoms with Crippen molar-refractivity contribution in [3.05, 3.63) is 88.0 Å². The van der Waals surface area contributed by atoms with Crippen molar-refractivity contribution < 1.29 is 22.7 Å². The second-order valence-electron chi connectivity index (χ2n) is 14.4. The van der Waals surface area contributed by atoms with Crippen molar-refractivity contribution in [2.75, 3.05) is 13.1 Å². The van der Waals surface area contributed by atoms with Gasteiger partial charge in [0.15, 0.2) is 5.84 Å². The molecule has 0 aromatic heterocycles. The molecule has 3 aromatic rings. The van der Waals surface area contributed by atoms with Gasteiger partial charge in [0.25, 0.3) is 5.91 Å². The average molecular weight is 687 g/mol. The molecule has 0 spiro atoms. The van der Waals surface area contributed by atoms with E-state index in [0.29, 0.717) is 50.1 Å². The lowest BCUT2D eigenvalue weighted by Gasteiger charge is -2.24. The van der Waals surface area contributed by atoms with Gasteiger partial charge in [-0.1, -0.05) is 85.3 Å². The van der Waals surface area contributed by atoms with Crippen LogP contribution >= 0.6 is 0 Å². The number of fused-ring (bicyclic) bond motifs is 2. The molecule has 0 fully saturated rings. The number of allylic oxidation sites excluding steroid dienone is 4. The highest BCUT2D eigenvalue weighted by Gasteiger charge is 2.36. The Labute approximate surface area is 293 Å². The minimum atomic E-state index is -4.50. The highest BCUT2D eigenvalue weighted by molar-refractivity contribution is 6.26. The molecule has 1 aliphatic carbocycles. The molecular formula is C41H49F3N4O2. The van der Waals surface area contributed by atoms with Crippen LogP contribution in [0.2, 0.25) is 0 Å². The lowest BCUT2D eigenvalue weighted by atomic mass is 9.82. The number of nitrogens with two attached hydrogens (primary N) is 1. The van der Waals surface area contributed by atoms with Crippen molar-refractivity contribution in [3.8, 4) is 11.5 Å². The molecule has 6 nitrogen and oxygen atoms in total. The van der Waals surface area contributed by atoms with Crippen LogP contribution in [0.1, 0.15) is 125 Å². The molecule has 0 saturated heterocycles. The van der Waals surface area contributed by atoms with E-state index in [4.69, 9.17) is 15.9 Å². The van der Waals surface area contributed by atoms with E-state index in [2.05, 4.69) is 39.6 Å². The smallest absolute Gasteiger partial charge is 0.416 e. The van der Waals surface area contributed by atoms with E-state index in [-0.39, 0.29) is 29.4 Å². The zero-order chi connectivity index (χ0) is 36.2. The van der Waals surface area contributed by atoms with Crippen LogP contribution in [0.15, 0.2) is 65.2 Å². The number of benzene rings is 3. The molecule has 1 amide bonds. The van der Waals surface area contributed by atoms with Gasteiger partial charge in [-0.2, -0.15) is 13.2 Å². The quantitative estimate of drug-likeness (QED) is 0.165. The third kappa shape index (κ3) is 8.14. The number of hydrogen-bond donors (Lipinski definition) is 2. The van der Waals surface area contributed by atoms with Crippen LogP contribution in [0.5, 0.6) is 11.5 Å². The van der Waals surface area contributed by atoms with E-state index in [1.165, 1.54) is 6.08 Å². The molecule has 1 heterocycles. The van der Waals surface area contributed by atoms with Gasteiger partial charge in [-0.25, -0.2) is 4.99 Å². The lowest BCUT2D eigenvalue weighted by molar-refractivity contribution is -0.0880. The number of amides is 1. The van der Waals surface area contributed by atoms with E-state index in [1.807, 2.05) is 23.1 Å². The Hall–Kier alpha value is -4.40. The SMILES string of the molecule is CCCCCCN(CCCCCC)C(=O)c1ccc(Oc2cc(C(C)(C)C)cc3cc4c(c(C5=CC(C(F)(F)F)=CC5)c23)C(N)=NC4=N)cc1. The van der Waals surface area contributed by atoms with Crippen LogP contribution < -0.4 is 10.5 Å². The maximum Gasteiger partial charge on any atom is 0.416 e. The molecule has 0 bridgehead atoms. The summed E-state index contributed by atoms with van der Waals surface area (Å²) in [7, 11) is 0. The second-order valence-corrected chi connectivity index (χ2v) is 14.4. The summed E-state index contributed by atoms with van der Waals surface area (Å²) in [6.07, 6.45) is 6.59. The van der Waals surface area contributed by atoms with Gasteiger partial charge in [-0.05, 0) is 83.7 Å². The van der Waals surface area contributed by atoms with E-state index in [1.54, 1.807) is 24.3 Å². The molecule has 1 aliphatic heterocycles. The van der Waals surface area contributed by atoms with Crippen LogP contribution in [-0.4, -0.2) is 41.7 Å². The third-order valence-electron chi connectivity index (χ3n) is 9.51. The summed E-state index contributed by atoms with van der Waals surface area (Å²) in [5.74, 6) is 0.996. The van der Waals surface area contributed by atoms with E-state index in [0.717, 1.165) is 76.1 Å². The Kier molecular flexibility index (Phi) is 11.2. The predicted octanol–water partition coefficient (Wildman–Crippen LogP) is 10.9. The number of carbonyl (C=O) groups excluding carboxylic acids is 1. The highest BCUT2D eigenvalue weighted by Crippen LogP contribution is 2.46. The van der Waals surface area contributed by atoms with Crippen molar-refractivity contribution >= 4 is 33.9 Å². The molecule has 50 heavy (non-hydrogen) atoms. The van der Waals surface area contributed by atoms with Crippen molar-refractivity contribution in [1.82, 2.24) is 4.90 Å². The minimum Gasteiger partial charge on any atom is -0.457 e. The van der Waals surface area contributed by atoms with Gasteiger partial charge in [0.2, 0.25) is 0 Å². The molecule has 5 rings (SSSR count). The Morgan fingerprint density at radius 2 is 1.56 bits per heavy atom. The van der Waals surface area contributed by atoms with Crippen LogP contribution in [0.25, 0.3) is 16.3 Å². The summed E-state index contributed by atoms with van der Waals surface area (Å²) in [5, 5.41) is 9.82. The summed E-state index contributed by atoms with van der Waals surface area (Å²) in [6.45, 7) is 12.0. The molecule has 3 aromatic carbocycles. The number of aliphatic imine (C=N–C) groups is 1. The summed E-state index contributed by atoms with van der Waals surface area (Å²) in [6, 6.07) is 12.8. The molecule has 9 heteroatoms. The van der Waals surface area contributed by atoms with Crippen LogP contribution in [0.3, 0.4) is 0 Å². The molecule has 0 radical (unpaired) electrons. The van der Waals surface area contributed by atoms with Gasteiger partial charge >= 0.3 is 6.18 Å². The summed E-state index contributed by atoms with van der Waals surface area (Å²) >= 11 is 0. The molecule has 3 N–H and O–H groups in total. The van der Waals surface area contributed by atoms with Crippen molar-refractivity contribution in [2.45, 2.75) is 104 Å². The first-order chi connectivity index (χ1) is 23.7. The van der Waals surface area contributed by atoms with Crippen LogP contribution in [-0.2, 0) is 5.41 Å². The van der Waals surface area contributed by atoms with Crippen molar-refractivity contribution in [3.63, 3.8) is 0 Å². The van der Waals surface area contributed by atoms with E-state index < -0.39 is 11.7 Å². The molecule has 2 aliphatic rings. The van der Waals surface area contributed by atoms with Gasteiger partial charge in [0, 0.05) is 40.7 Å². The normalized spacial score (nSPS) is 14.5. The van der Waals surface area contributed by atoms with Crippen LogP contribution in [0.4, 0.5) is 13.2 Å². The van der Waals surface area contributed by atoms with Crippen LogP contribution in [0, 0.1) is 5.41 Å². The number of halogens is 3.